The van der Waals surface area contributed by atoms with E-state index in [4.69, 9.17) is 0 Å². The fourth-order valence-electron chi connectivity index (χ4n) is 2.58. The van der Waals surface area contributed by atoms with Crippen molar-refractivity contribution in [3.05, 3.63) is 52.2 Å². The Bertz CT molecular complexity index is 687. The predicted molar refractivity (Wildman–Crippen MR) is 73.7 cm³/mol. The molecule has 1 amide bonds. The van der Waals surface area contributed by atoms with Crippen LogP contribution in [0.3, 0.4) is 0 Å². The van der Waals surface area contributed by atoms with Gasteiger partial charge in [0.1, 0.15) is 0 Å². The predicted octanol–water partition coefficient (Wildman–Crippen LogP) is 3.25. The summed E-state index contributed by atoms with van der Waals surface area (Å²) in [6.07, 6.45) is 1.70. The van der Waals surface area contributed by atoms with E-state index in [9.17, 15) is 4.79 Å². The first-order valence-electron chi connectivity index (χ1n) is 5.79. The molecule has 0 radical (unpaired) electrons. The van der Waals surface area contributed by atoms with E-state index in [1.807, 2.05) is 23.6 Å². The number of rotatable bonds is 0. The van der Waals surface area contributed by atoms with Gasteiger partial charge in [-0.1, -0.05) is 18.2 Å². The highest BCUT2D eigenvalue weighted by molar-refractivity contribution is 7.10. The van der Waals surface area contributed by atoms with Crippen molar-refractivity contribution >= 4 is 34.2 Å². The van der Waals surface area contributed by atoms with E-state index < -0.39 is 0 Å². The second-order valence-electron chi connectivity index (χ2n) is 4.41. The Labute approximate surface area is 108 Å². The zero-order valence-electron chi connectivity index (χ0n) is 9.44. The van der Waals surface area contributed by atoms with E-state index in [2.05, 4.69) is 22.8 Å². The zero-order valence-corrected chi connectivity index (χ0v) is 10.3. The van der Waals surface area contributed by atoms with Gasteiger partial charge in [-0.15, -0.1) is 11.3 Å². The average molecular weight is 254 g/mol. The van der Waals surface area contributed by atoms with Crippen molar-refractivity contribution in [2.75, 3.05) is 10.6 Å². The van der Waals surface area contributed by atoms with Gasteiger partial charge in [0.25, 0.3) is 0 Å². The topological polar surface area (TPSA) is 41.1 Å². The number of thiophene rings is 1. The van der Waals surface area contributed by atoms with Crippen LogP contribution in [0.4, 0.5) is 11.4 Å². The largest absolute Gasteiger partial charge is 0.373 e. The molecule has 3 heterocycles. The van der Waals surface area contributed by atoms with E-state index in [0.29, 0.717) is 0 Å². The van der Waals surface area contributed by atoms with E-state index in [1.165, 1.54) is 4.88 Å². The van der Waals surface area contributed by atoms with Crippen molar-refractivity contribution in [1.82, 2.24) is 0 Å². The van der Waals surface area contributed by atoms with Crippen LogP contribution in [0, 0.1) is 0 Å². The van der Waals surface area contributed by atoms with Crippen molar-refractivity contribution in [2.45, 2.75) is 6.04 Å². The molecule has 1 aromatic carbocycles. The molecule has 2 N–H and O–H groups in total. The minimum absolute atomic E-state index is 0.0503. The summed E-state index contributed by atoms with van der Waals surface area (Å²) >= 11 is 1.67. The SMILES string of the molecule is O=C1C=C2c3ccccc3NC2c2sccc2N1. The van der Waals surface area contributed by atoms with Crippen molar-refractivity contribution in [1.29, 1.82) is 0 Å². The van der Waals surface area contributed by atoms with Gasteiger partial charge in [0.2, 0.25) is 5.91 Å². The molecule has 1 atom stereocenters. The summed E-state index contributed by atoms with van der Waals surface area (Å²) in [5.74, 6) is -0.0503. The number of hydrogen-bond acceptors (Lipinski definition) is 3. The molecule has 4 rings (SSSR count). The van der Waals surface area contributed by atoms with Crippen molar-refractivity contribution in [2.24, 2.45) is 0 Å². The molecule has 2 aliphatic heterocycles. The van der Waals surface area contributed by atoms with Crippen LogP contribution in [0.15, 0.2) is 41.8 Å². The molecule has 18 heavy (non-hydrogen) atoms. The standard InChI is InChI=1S/C14H10N2OS/c17-12-7-9-8-3-1-2-4-10(8)16-13(9)14-11(15-12)5-6-18-14/h1-7,13,16H,(H,15,17). The molecule has 0 bridgehead atoms. The van der Waals surface area contributed by atoms with Crippen LogP contribution in [0.25, 0.3) is 5.57 Å². The number of carbonyl (C=O) groups excluding carboxylic acids is 1. The second-order valence-corrected chi connectivity index (χ2v) is 5.36. The van der Waals surface area contributed by atoms with E-state index in [1.54, 1.807) is 17.4 Å². The van der Waals surface area contributed by atoms with Gasteiger partial charge < -0.3 is 10.6 Å². The molecule has 2 aliphatic rings. The summed E-state index contributed by atoms with van der Waals surface area (Å²) < 4.78 is 0. The van der Waals surface area contributed by atoms with Crippen LogP contribution in [-0.2, 0) is 4.79 Å². The van der Waals surface area contributed by atoms with Crippen LogP contribution in [0.5, 0.6) is 0 Å². The number of hydrogen-bond donors (Lipinski definition) is 2. The zero-order chi connectivity index (χ0) is 12.1. The molecular formula is C14H10N2OS. The third-order valence-corrected chi connectivity index (χ3v) is 4.33. The average Bonchev–Trinajstić information content (AvgIpc) is 2.92. The molecular weight excluding hydrogens is 244 g/mol. The second kappa shape index (κ2) is 3.46. The Kier molecular flexibility index (Phi) is 1.91. The summed E-state index contributed by atoms with van der Waals surface area (Å²) in [5, 5.41) is 8.42. The van der Waals surface area contributed by atoms with Crippen molar-refractivity contribution in [3.8, 4) is 0 Å². The molecule has 4 heteroatoms. The number of nitrogens with one attached hydrogen (secondary N) is 2. The normalized spacial score (nSPS) is 19.9. The van der Waals surface area contributed by atoms with Gasteiger partial charge in [-0.25, -0.2) is 0 Å². The van der Waals surface area contributed by atoms with E-state index >= 15 is 0 Å². The van der Waals surface area contributed by atoms with Gasteiger partial charge in [-0.05, 0) is 23.1 Å². The maximum absolute atomic E-state index is 11.9. The fraction of sp³-hybridized carbons (Fsp3) is 0.0714. The molecule has 3 nitrogen and oxygen atoms in total. The van der Waals surface area contributed by atoms with Crippen LogP contribution < -0.4 is 10.6 Å². The summed E-state index contributed by atoms with van der Waals surface area (Å²) in [5.41, 5.74) is 4.20. The quantitative estimate of drug-likeness (QED) is 0.757. The summed E-state index contributed by atoms with van der Waals surface area (Å²) in [4.78, 5) is 13.1. The van der Waals surface area contributed by atoms with Gasteiger partial charge in [0.05, 0.1) is 16.6 Å². The molecule has 0 aliphatic carbocycles. The smallest absolute Gasteiger partial charge is 0.248 e. The van der Waals surface area contributed by atoms with Crippen LogP contribution in [0.2, 0.25) is 0 Å². The highest BCUT2D eigenvalue weighted by Crippen LogP contribution is 2.47. The van der Waals surface area contributed by atoms with E-state index in [-0.39, 0.29) is 11.9 Å². The highest BCUT2D eigenvalue weighted by atomic mass is 32.1. The maximum atomic E-state index is 11.9. The molecule has 0 fully saturated rings. The molecule has 0 saturated carbocycles. The minimum Gasteiger partial charge on any atom is -0.373 e. The number of fused-ring (bicyclic) bond motifs is 5. The van der Waals surface area contributed by atoms with Crippen LogP contribution in [0.1, 0.15) is 16.5 Å². The lowest BCUT2D eigenvalue weighted by atomic mass is 10.0. The lowest BCUT2D eigenvalue weighted by molar-refractivity contribution is -0.111. The minimum atomic E-state index is -0.0503. The van der Waals surface area contributed by atoms with Crippen molar-refractivity contribution in [3.63, 3.8) is 0 Å². The molecule has 88 valence electrons. The van der Waals surface area contributed by atoms with Crippen LogP contribution in [-0.4, -0.2) is 5.91 Å². The number of benzene rings is 1. The number of amides is 1. The highest BCUT2D eigenvalue weighted by Gasteiger charge is 2.32. The monoisotopic (exact) mass is 254 g/mol. The lowest BCUT2D eigenvalue weighted by Gasteiger charge is -2.11. The Hall–Kier alpha value is -2.07. The van der Waals surface area contributed by atoms with E-state index in [0.717, 1.165) is 22.5 Å². The summed E-state index contributed by atoms with van der Waals surface area (Å²) in [6, 6.07) is 10.2. The van der Waals surface area contributed by atoms with Crippen molar-refractivity contribution < 1.29 is 4.79 Å². The first-order valence-corrected chi connectivity index (χ1v) is 6.67. The third kappa shape index (κ3) is 1.26. The Morgan fingerprint density at radius 2 is 2.00 bits per heavy atom. The van der Waals surface area contributed by atoms with Gasteiger partial charge in [-0.3, -0.25) is 4.79 Å². The summed E-state index contributed by atoms with van der Waals surface area (Å²) in [6.45, 7) is 0. The molecule has 2 aromatic rings. The number of para-hydroxylation sites is 1. The van der Waals surface area contributed by atoms with Gasteiger partial charge in [0, 0.05) is 17.3 Å². The maximum Gasteiger partial charge on any atom is 0.248 e. The lowest BCUT2D eigenvalue weighted by Crippen LogP contribution is -2.07. The van der Waals surface area contributed by atoms with Gasteiger partial charge in [0.15, 0.2) is 0 Å². The first kappa shape index (κ1) is 9.91. The third-order valence-electron chi connectivity index (χ3n) is 3.35. The summed E-state index contributed by atoms with van der Waals surface area (Å²) in [7, 11) is 0. The number of carbonyl (C=O) groups is 1. The Balaban J connectivity index is 1.96. The Morgan fingerprint density at radius 3 is 2.94 bits per heavy atom. The fourth-order valence-corrected chi connectivity index (χ4v) is 3.49. The van der Waals surface area contributed by atoms with Crippen LogP contribution >= 0.6 is 11.3 Å². The Morgan fingerprint density at radius 1 is 1.11 bits per heavy atom. The first-order chi connectivity index (χ1) is 8.83. The molecule has 1 aromatic heterocycles. The molecule has 1 unspecified atom stereocenters. The molecule has 0 spiro atoms. The van der Waals surface area contributed by atoms with Gasteiger partial charge >= 0.3 is 0 Å². The number of anilines is 2. The van der Waals surface area contributed by atoms with Gasteiger partial charge in [-0.2, -0.15) is 0 Å². The molecule has 0 saturated heterocycles.